The molecule has 1 aliphatic rings. The number of nitrogens with one attached hydrogen (secondary N) is 1. The van der Waals surface area contributed by atoms with Crippen LogP contribution in [0.3, 0.4) is 0 Å². The normalized spacial score (nSPS) is 14.5. The molecular weight excluding hydrogens is 514 g/mol. The van der Waals surface area contributed by atoms with Gasteiger partial charge in [0.05, 0.1) is 12.6 Å². The molecule has 1 amide bonds. The first-order valence-electron chi connectivity index (χ1n) is 13.9. The summed E-state index contributed by atoms with van der Waals surface area (Å²) in [6, 6.07) is 28.3. The fraction of sp³-hybridized carbons (Fsp3) is 0.324. The zero-order valence-corrected chi connectivity index (χ0v) is 24.7. The number of carbonyl (C=O) groups is 2. The molecule has 7 nitrogen and oxygen atoms in total. The molecule has 0 saturated heterocycles. The van der Waals surface area contributed by atoms with Gasteiger partial charge < -0.3 is 10.1 Å². The van der Waals surface area contributed by atoms with Crippen molar-refractivity contribution in [1.82, 2.24) is 10.3 Å². The molecular formula is C34H41N3O4. The van der Waals surface area contributed by atoms with Crippen molar-refractivity contribution >= 4 is 23.1 Å². The number of nitroso groups, excluding NO2 is 1. The maximum Gasteiger partial charge on any atom is 0.207 e. The topological polar surface area (TPSA) is 97.7 Å². The largest absolute Gasteiger partial charge is 0.489 e. The van der Waals surface area contributed by atoms with E-state index in [4.69, 9.17) is 9.64 Å². The Bertz CT molecular complexity index is 1360. The minimum Gasteiger partial charge on any atom is -0.489 e. The molecule has 0 spiro atoms. The highest BCUT2D eigenvalue weighted by Crippen LogP contribution is 2.41. The van der Waals surface area contributed by atoms with Gasteiger partial charge in [0.2, 0.25) is 6.41 Å². The van der Waals surface area contributed by atoms with Crippen LogP contribution in [0.25, 0.3) is 10.9 Å². The fourth-order valence-electron chi connectivity index (χ4n) is 4.43. The van der Waals surface area contributed by atoms with Crippen molar-refractivity contribution in [2.45, 2.75) is 53.7 Å². The Morgan fingerprint density at radius 3 is 2.24 bits per heavy atom. The van der Waals surface area contributed by atoms with Crippen LogP contribution in [0.2, 0.25) is 0 Å². The van der Waals surface area contributed by atoms with E-state index in [0.717, 1.165) is 46.3 Å². The number of amides is 1. The third kappa shape index (κ3) is 11.3. The van der Waals surface area contributed by atoms with Crippen LogP contribution < -0.4 is 10.1 Å². The molecule has 0 radical (unpaired) electrons. The van der Waals surface area contributed by atoms with E-state index < -0.39 is 0 Å². The summed E-state index contributed by atoms with van der Waals surface area (Å²) in [6.45, 7) is 8.85. The molecule has 41 heavy (non-hydrogen) atoms. The number of para-hydroxylation sites is 1. The maximum atomic E-state index is 11.4. The van der Waals surface area contributed by atoms with E-state index in [-0.39, 0.29) is 5.92 Å². The maximum absolute atomic E-state index is 11.4. The van der Waals surface area contributed by atoms with Gasteiger partial charge in [0.15, 0.2) is 0 Å². The molecule has 1 aliphatic carbocycles. The summed E-state index contributed by atoms with van der Waals surface area (Å²) in [6.07, 6.45) is 2.73. The van der Waals surface area contributed by atoms with Crippen LogP contribution in [-0.2, 0) is 29.2 Å². The van der Waals surface area contributed by atoms with E-state index in [9.17, 15) is 9.59 Å². The number of Topliss-reactive ketones (excluding diaryl/α,β-unsaturated/α-hetero) is 1. The number of rotatable bonds is 9. The van der Waals surface area contributed by atoms with Gasteiger partial charge >= 0.3 is 0 Å². The summed E-state index contributed by atoms with van der Waals surface area (Å²) in [4.78, 5) is 34.4. The summed E-state index contributed by atoms with van der Waals surface area (Å²) < 4.78 is 6.01. The second-order valence-corrected chi connectivity index (χ2v) is 9.46. The molecule has 216 valence electrons. The zero-order chi connectivity index (χ0) is 30.0. The molecule has 4 aromatic rings. The van der Waals surface area contributed by atoms with Gasteiger partial charge in [0.1, 0.15) is 18.1 Å². The highest BCUT2D eigenvalue weighted by molar-refractivity contribution is 5.82. The number of aryl methyl sites for hydroxylation is 1. The molecule has 1 N–H and O–H groups in total. The monoisotopic (exact) mass is 555 g/mol. The molecule has 2 unspecified atom stereocenters. The first kappa shape index (κ1) is 32.8. The molecule has 0 aliphatic heterocycles. The van der Waals surface area contributed by atoms with Crippen LogP contribution in [0.15, 0.2) is 90.1 Å². The predicted octanol–water partition coefficient (Wildman–Crippen LogP) is 7.23. The number of pyridine rings is 1. The highest BCUT2D eigenvalue weighted by Gasteiger charge is 2.40. The van der Waals surface area contributed by atoms with Crippen molar-refractivity contribution in [2.75, 3.05) is 7.05 Å². The van der Waals surface area contributed by atoms with E-state index >= 15 is 0 Å². The SMILES string of the molecule is CC.CC(=O)C1CC1Cc1ccc(OCc2cc(C)nc3ccccc23)cc1.CN=O.O=CNCc1ccccc1. The number of ketones is 1. The predicted molar refractivity (Wildman–Crippen MR) is 166 cm³/mol. The third-order valence-electron chi connectivity index (χ3n) is 6.42. The first-order chi connectivity index (χ1) is 19.9. The van der Waals surface area contributed by atoms with E-state index in [2.05, 4.69) is 39.7 Å². The summed E-state index contributed by atoms with van der Waals surface area (Å²) in [5, 5.41) is 5.97. The molecule has 1 fully saturated rings. The van der Waals surface area contributed by atoms with Crippen LogP contribution in [0, 0.1) is 23.7 Å². The second-order valence-electron chi connectivity index (χ2n) is 9.46. The standard InChI is InChI=1S/C23H23NO2.C8H9NO.C2H6.CH3NO/c1-15-11-19(21-5-3-4-6-23(21)24-15)14-26-20-9-7-17(8-10-20)12-18-13-22(18)16(2)25;10-7-9-6-8-4-2-1-3-5-8;1-2;1-2-3/h3-11,18,22H,12-14H2,1-2H3;1-5,7H,6H2,(H,9,10);1-2H3;1H3. The van der Waals surface area contributed by atoms with Gasteiger partial charge in [-0.3, -0.25) is 14.6 Å². The Morgan fingerprint density at radius 1 is 1.00 bits per heavy atom. The number of benzene rings is 3. The first-order valence-corrected chi connectivity index (χ1v) is 13.9. The van der Waals surface area contributed by atoms with Gasteiger partial charge in [-0.2, -0.15) is 4.91 Å². The molecule has 1 aromatic heterocycles. The van der Waals surface area contributed by atoms with Crippen LogP contribution >= 0.6 is 0 Å². The molecule has 2 atom stereocenters. The average Bonchev–Trinajstić information content (AvgIpc) is 3.77. The summed E-state index contributed by atoms with van der Waals surface area (Å²) in [5.74, 6) is 2.01. The van der Waals surface area contributed by atoms with Crippen molar-refractivity contribution in [2.24, 2.45) is 17.0 Å². The van der Waals surface area contributed by atoms with Crippen LogP contribution in [0.4, 0.5) is 0 Å². The Kier molecular flexibility index (Phi) is 14.5. The van der Waals surface area contributed by atoms with E-state index in [1.54, 1.807) is 6.92 Å². The van der Waals surface area contributed by atoms with Crippen molar-refractivity contribution < 1.29 is 14.3 Å². The average molecular weight is 556 g/mol. The number of hydrogen-bond acceptors (Lipinski definition) is 6. The molecule has 0 bridgehead atoms. The van der Waals surface area contributed by atoms with Gasteiger partial charge in [0, 0.05) is 29.1 Å². The number of nitrogens with zero attached hydrogens (tertiary/aromatic N) is 2. The van der Waals surface area contributed by atoms with Gasteiger partial charge in [-0.25, -0.2) is 0 Å². The van der Waals surface area contributed by atoms with Gasteiger partial charge in [-0.15, -0.1) is 0 Å². The van der Waals surface area contributed by atoms with Gasteiger partial charge in [-0.1, -0.05) is 79.7 Å². The number of fused-ring (bicyclic) bond motifs is 1. The Hall–Kier alpha value is -4.39. The number of aromatic nitrogens is 1. The van der Waals surface area contributed by atoms with Crippen LogP contribution in [0.5, 0.6) is 5.75 Å². The highest BCUT2D eigenvalue weighted by atomic mass is 16.5. The molecule has 1 saturated carbocycles. The fourth-order valence-corrected chi connectivity index (χ4v) is 4.43. The Balaban J connectivity index is 0.000000327. The van der Waals surface area contributed by atoms with Crippen molar-refractivity contribution in [3.05, 3.63) is 112 Å². The Labute approximate surface area is 243 Å². The second kappa shape index (κ2) is 18.1. The summed E-state index contributed by atoms with van der Waals surface area (Å²) >= 11 is 0. The van der Waals surface area contributed by atoms with E-state index in [0.29, 0.717) is 31.3 Å². The molecule has 1 heterocycles. The minimum atomic E-state index is 0.286. The number of ether oxygens (including phenoxy) is 1. The molecule has 7 heteroatoms. The third-order valence-corrected chi connectivity index (χ3v) is 6.42. The molecule has 3 aromatic carbocycles. The lowest BCUT2D eigenvalue weighted by molar-refractivity contribution is -0.118. The lowest BCUT2D eigenvalue weighted by atomic mass is 10.1. The van der Waals surface area contributed by atoms with Crippen LogP contribution in [0.1, 0.15) is 49.6 Å². The minimum absolute atomic E-state index is 0.286. The quantitative estimate of drug-likeness (QED) is 0.174. The lowest BCUT2D eigenvalue weighted by Crippen LogP contribution is -2.09. The van der Waals surface area contributed by atoms with Gasteiger partial charge in [-0.05, 0) is 68.0 Å². The van der Waals surface area contributed by atoms with Gasteiger partial charge in [0.25, 0.3) is 0 Å². The Morgan fingerprint density at radius 2 is 1.63 bits per heavy atom. The number of hydrogen-bond donors (Lipinski definition) is 1. The summed E-state index contributed by atoms with van der Waals surface area (Å²) in [5.41, 5.74) is 5.55. The zero-order valence-electron chi connectivity index (χ0n) is 24.7. The van der Waals surface area contributed by atoms with Crippen molar-refractivity contribution in [1.29, 1.82) is 0 Å². The lowest BCUT2D eigenvalue weighted by Gasteiger charge is -2.10. The number of carbonyl (C=O) groups excluding carboxylic acids is 2. The van der Waals surface area contributed by atoms with E-state index in [1.165, 1.54) is 12.6 Å². The van der Waals surface area contributed by atoms with E-state index in [1.807, 2.05) is 81.4 Å². The summed E-state index contributed by atoms with van der Waals surface area (Å²) in [7, 11) is 1.19. The van der Waals surface area contributed by atoms with Crippen LogP contribution in [-0.4, -0.2) is 24.2 Å². The van der Waals surface area contributed by atoms with Crippen molar-refractivity contribution in [3.8, 4) is 5.75 Å². The smallest absolute Gasteiger partial charge is 0.207 e. The van der Waals surface area contributed by atoms with Crippen molar-refractivity contribution in [3.63, 3.8) is 0 Å². The molecule has 5 rings (SSSR count).